The van der Waals surface area contributed by atoms with Gasteiger partial charge >= 0.3 is 0 Å². The summed E-state index contributed by atoms with van der Waals surface area (Å²) >= 11 is 0. The number of nitrogens with zero attached hydrogens (tertiary/aromatic N) is 2. The fourth-order valence-corrected chi connectivity index (χ4v) is 2.43. The minimum absolute atomic E-state index is 0.192. The topological polar surface area (TPSA) is 72.4 Å². The van der Waals surface area contributed by atoms with Crippen LogP contribution in [0.15, 0.2) is 18.2 Å². The standard InChI is InChI=1S/C13H19N3O2/c1-9-3-4-12(13(7-9)16(17)18)15-6-5-11(14)10(2)8-15/h3-4,7,10-11H,5-6,8,14H2,1-2H3. The lowest BCUT2D eigenvalue weighted by Crippen LogP contribution is -2.46. The molecule has 1 heterocycles. The van der Waals surface area contributed by atoms with Gasteiger partial charge in [-0.1, -0.05) is 13.0 Å². The van der Waals surface area contributed by atoms with Crippen LogP contribution in [0.5, 0.6) is 0 Å². The van der Waals surface area contributed by atoms with Gasteiger partial charge in [-0.2, -0.15) is 0 Å². The van der Waals surface area contributed by atoms with Crippen molar-refractivity contribution in [3.63, 3.8) is 0 Å². The van der Waals surface area contributed by atoms with Crippen molar-refractivity contribution in [2.75, 3.05) is 18.0 Å². The van der Waals surface area contributed by atoms with Crippen LogP contribution in [0.3, 0.4) is 0 Å². The van der Waals surface area contributed by atoms with Gasteiger partial charge in [-0.05, 0) is 30.9 Å². The summed E-state index contributed by atoms with van der Waals surface area (Å²) in [5.41, 5.74) is 7.79. The molecular weight excluding hydrogens is 230 g/mol. The van der Waals surface area contributed by atoms with Gasteiger partial charge in [0, 0.05) is 25.2 Å². The Morgan fingerprint density at radius 2 is 2.22 bits per heavy atom. The van der Waals surface area contributed by atoms with Gasteiger partial charge in [-0.25, -0.2) is 0 Å². The van der Waals surface area contributed by atoms with E-state index < -0.39 is 0 Å². The van der Waals surface area contributed by atoms with E-state index in [1.807, 2.05) is 19.1 Å². The monoisotopic (exact) mass is 249 g/mol. The van der Waals surface area contributed by atoms with Gasteiger partial charge in [0.1, 0.15) is 5.69 Å². The molecule has 1 fully saturated rings. The second-order valence-corrected chi connectivity index (χ2v) is 5.13. The normalized spacial score (nSPS) is 24.1. The molecule has 1 aliphatic rings. The Balaban J connectivity index is 2.30. The highest BCUT2D eigenvalue weighted by atomic mass is 16.6. The van der Waals surface area contributed by atoms with Crippen molar-refractivity contribution in [2.45, 2.75) is 26.3 Å². The highest BCUT2D eigenvalue weighted by molar-refractivity contribution is 5.64. The first-order valence-corrected chi connectivity index (χ1v) is 6.24. The maximum atomic E-state index is 11.1. The number of anilines is 1. The lowest BCUT2D eigenvalue weighted by atomic mass is 9.94. The van der Waals surface area contributed by atoms with Crippen molar-refractivity contribution in [1.82, 2.24) is 0 Å². The molecule has 18 heavy (non-hydrogen) atoms. The smallest absolute Gasteiger partial charge is 0.292 e. The van der Waals surface area contributed by atoms with E-state index in [9.17, 15) is 10.1 Å². The highest BCUT2D eigenvalue weighted by Gasteiger charge is 2.27. The molecule has 0 amide bonds. The van der Waals surface area contributed by atoms with Gasteiger partial charge in [0.25, 0.3) is 5.69 Å². The molecule has 1 saturated heterocycles. The summed E-state index contributed by atoms with van der Waals surface area (Å²) in [4.78, 5) is 12.9. The van der Waals surface area contributed by atoms with Crippen molar-refractivity contribution in [3.8, 4) is 0 Å². The summed E-state index contributed by atoms with van der Waals surface area (Å²) in [6.45, 7) is 5.53. The van der Waals surface area contributed by atoms with Crippen molar-refractivity contribution < 1.29 is 4.92 Å². The number of piperidine rings is 1. The number of rotatable bonds is 2. The molecule has 98 valence electrons. The lowest BCUT2D eigenvalue weighted by molar-refractivity contribution is -0.384. The Morgan fingerprint density at radius 1 is 1.50 bits per heavy atom. The van der Waals surface area contributed by atoms with Gasteiger partial charge in [-0.15, -0.1) is 0 Å². The van der Waals surface area contributed by atoms with Crippen LogP contribution in [-0.4, -0.2) is 24.1 Å². The second-order valence-electron chi connectivity index (χ2n) is 5.13. The number of aryl methyl sites for hydroxylation is 1. The van der Waals surface area contributed by atoms with E-state index in [2.05, 4.69) is 11.8 Å². The Morgan fingerprint density at radius 3 is 2.83 bits per heavy atom. The minimum atomic E-state index is -0.304. The van der Waals surface area contributed by atoms with Gasteiger partial charge in [-0.3, -0.25) is 10.1 Å². The molecule has 2 N–H and O–H groups in total. The summed E-state index contributed by atoms with van der Waals surface area (Å²) in [5.74, 6) is 0.361. The largest absolute Gasteiger partial charge is 0.366 e. The Bertz CT molecular complexity index is 462. The van der Waals surface area contributed by atoms with Gasteiger partial charge in [0.2, 0.25) is 0 Å². The number of nitrogens with two attached hydrogens (primary N) is 1. The van der Waals surface area contributed by atoms with Crippen LogP contribution in [0.1, 0.15) is 18.9 Å². The molecule has 5 heteroatoms. The highest BCUT2D eigenvalue weighted by Crippen LogP contribution is 2.31. The van der Waals surface area contributed by atoms with E-state index in [4.69, 9.17) is 5.73 Å². The number of benzene rings is 1. The quantitative estimate of drug-likeness (QED) is 0.643. The molecule has 5 nitrogen and oxygen atoms in total. The van der Waals surface area contributed by atoms with E-state index in [0.717, 1.165) is 25.1 Å². The maximum absolute atomic E-state index is 11.1. The Kier molecular flexibility index (Phi) is 3.52. The molecule has 0 bridgehead atoms. The van der Waals surface area contributed by atoms with Crippen molar-refractivity contribution in [1.29, 1.82) is 0 Å². The predicted molar refractivity (Wildman–Crippen MR) is 71.8 cm³/mol. The second kappa shape index (κ2) is 4.94. The summed E-state index contributed by atoms with van der Waals surface area (Å²) in [7, 11) is 0. The van der Waals surface area contributed by atoms with E-state index in [1.54, 1.807) is 6.07 Å². The molecule has 0 spiro atoms. The minimum Gasteiger partial charge on any atom is -0.366 e. The van der Waals surface area contributed by atoms with Crippen LogP contribution in [0, 0.1) is 23.0 Å². The van der Waals surface area contributed by atoms with Crippen LogP contribution in [0.25, 0.3) is 0 Å². The summed E-state index contributed by atoms with van der Waals surface area (Å²) in [6.07, 6.45) is 0.881. The third-order valence-electron chi connectivity index (χ3n) is 3.64. The Labute approximate surface area is 107 Å². The lowest BCUT2D eigenvalue weighted by Gasteiger charge is -2.36. The van der Waals surface area contributed by atoms with Crippen LogP contribution in [-0.2, 0) is 0 Å². The van der Waals surface area contributed by atoms with Gasteiger partial charge < -0.3 is 10.6 Å². The average Bonchev–Trinajstić information content (AvgIpc) is 2.32. The van der Waals surface area contributed by atoms with E-state index in [-0.39, 0.29) is 16.7 Å². The zero-order valence-electron chi connectivity index (χ0n) is 10.8. The first-order valence-electron chi connectivity index (χ1n) is 6.24. The first-order chi connectivity index (χ1) is 8.49. The molecular formula is C13H19N3O2. The SMILES string of the molecule is Cc1ccc(N2CCC(N)C(C)C2)c([N+](=O)[O-])c1. The Hall–Kier alpha value is -1.62. The predicted octanol–water partition coefficient (Wildman–Crippen LogP) is 2.08. The molecule has 0 radical (unpaired) electrons. The number of nitro benzene ring substituents is 1. The molecule has 0 aliphatic carbocycles. The zero-order valence-corrected chi connectivity index (χ0v) is 10.8. The van der Waals surface area contributed by atoms with Crippen molar-refractivity contribution in [3.05, 3.63) is 33.9 Å². The maximum Gasteiger partial charge on any atom is 0.292 e. The molecule has 0 aromatic heterocycles. The third kappa shape index (κ3) is 2.46. The molecule has 1 aromatic rings. The molecule has 2 rings (SSSR count). The molecule has 0 saturated carbocycles. The van der Waals surface area contributed by atoms with Crippen molar-refractivity contribution >= 4 is 11.4 Å². The molecule has 2 unspecified atom stereocenters. The van der Waals surface area contributed by atoms with Gasteiger partial charge in [0.05, 0.1) is 4.92 Å². The molecule has 2 atom stereocenters. The van der Waals surface area contributed by atoms with Crippen LogP contribution in [0.2, 0.25) is 0 Å². The molecule has 1 aliphatic heterocycles. The summed E-state index contributed by atoms with van der Waals surface area (Å²) in [6, 6.07) is 5.60. The van der Waals surface area contributed by atoms with Crippen molar-refractivity contribution in [2.24, 2.45) is 11.7 Å². The van der Waals surface area contributed by atoms with Gasteiger partial charge in [0.15, 0.2) is 0 Å². The molecule has 1 aromatic carbocycles. The van der Waals surface area contributed by atoms with Crippen LogP contribution in [0.4, 0.5) is 11.4 Å². The fourth-order valence-electron chi connectivity index (χ4n) is 2.43. The average molecular weight is 249 g/mol. The number of nitro groups is 1. The van der Waals surface area contributed by atoms with Crippen LogP contribution < -0.4 is 10.6 Å². The first kappa shape index (κ1) is 12.8. The zero-order chi connectivity index (χ0) is 13.3. The van der Waals surface area contributed by atoms with E-state index >= 15 is 0 Å². The summed E-state index contributed by atoms with van der Waals surface area (Å²) in [5, 5.41) is 11.1. The van der Waals surface area contributed by atoms with E-state index in [0.29, 0.717) is 11.6 Å². The summed E-state index contributed by atoms with van der Waals surface area (Å²) < 4.78 is 0. The van der Waals surface area contributed by atoms with Crippen LogP contribution >= 0.6 is 0 Å². The number of hydrogen-bond acceptors (Lipinski definition) is 4. The fraction of sp³-hybridized carbons (Fsp3) is 0.538. The third-order valence-corrected chi connectivity index (χ3v) is 3.64. The number of hydrogen-bond donors (Lipinski definition) is 1. The van der Waals surface area contributed by atoms with E-state index in [1.165, 1.54) is 0 Å².